The molecular formula is C15H25N3O. The quantitative estimate of drug-likeness (QED) is 0.862. The van der Waals surface area contributed by atoms with Crippen LogP contribution in [0.5, 0.6) is 0 Å². The number of nitrogens with zero attached hydrogens (tertiary/aromatic N) is 2. The van der Waals surface area contributed by atoms with Crippen molar-refractivity contribution in [2.75, 3.05) is 19.7 Å². The molecule has 19 heavy (non-hydrogen) atoms. The SMILES string of the molecule is CC1(C)CCNC(CCO)CN1Cc1ccccn1. The minimum Gasteiger partial charge on any atom is -0.396 e. The molecule has 0 bridgehead atoms. The largest absolute Gasteiger partial charge is 0.396 e. The molecule has 1 saturated heterocycles. The van der Waals surface area contributed by atoms with Crippen LogP contribution in [0.1, 0.15) is 32.4 Å². The van der Waals surface area contributed by atoms with Crippen LogP contribution in [0.2, 0.25) is 0 Å². The summed E-state index contributed by atoms with van der Waals surface area (Å²) in [7, 11) is 0. The number of aliphatic hydroxyl groups is 1. The standard InChI is InChI=1S/C15H25N3O/c1-15(2)7-9-17-14(6-10-19)12-18(15)11-13-5-3-4-8-16-13/h3-5,8,14,17,19H,6-7,9-12H2,1-2H3. The summed E-state index contributed by atoms with van der Waals surface area (Å²) in [6.45, 7) is 7.67. The van der Waals surface area contributed by atoms with Gasteiger partial charge in [-0.25, -0.2) is 0 Å². The fourth-order valence-corrected chi connectivity index (χ4v) is 2.63. The molecule has 0 aliphatic carbocycles. The Bertz CT molecular complexity index is 380. The maximum atomic E-state index is 9.15. The Labute approximate surface area is 115 Å². The molecule has 2 rings (SSSR count). The van der Waals surface area contributed by atoms with E-state index in [-0.39, 0.29) is 12.1 Å². The van der Waals surface area contributed by atoms with E-state index < -0.39 is 0 Å². The summed E-state index contributed by atoms with van der Waals surface area (Å²) >= 11 is 0. The van der Waals surface area contributed by atoms with E-state index in [1.807, 2.05) is 18.3 Å². The molecular weight excluding hydrogens is 238 g/mol. The molecule has 4 nitrogen and oxygen atoms in total. The van der Waals surface area contributed by atoms with Gasteiger partial charge in [-0.3, -0.25) is 9.88 Å². The molecule has 1 fully saturated rings. The van der Waals surface area contributed by atoms with Crippen molar-refractivity contribution in [1.82, 2.24) is 15.2 Å². The van der Waals surface area contributed by atoms with Crippen molar-refractivity contribution in [1.29, 1.82) is 0 Å². The fourth-order valence-electron chi connectivity index (χ4n) is 2.63. The summed E-state index contributed by atoms with van der Waals surface area (Å²) in [6, 6.07) is 6.44. The molecule has 106 valence electrons. The minimum atomic E-state index is 0.161. The van der Waals surface area contributed by atoms with E-state index in [0.717, 1.165) is 38.2 Å². The summed E-state index contributed by atoms with van der Waals surface area (Å²) in [4.78, 5) is 6.91. The monoisotopic (exact) mass is 263 g/mol. The van der Waals surface area contributed by atoms with Crippen molar-refractivity contribution in [2.24, 2.45) is 0 Å². The zero-order chi connectivity index (χ0) is 13.7. The molecule has 0 spiro atoms. The van der Waals surface area contributed by atoms with Crippen LogP contribution in [0.3, 0.4) is 0 Å². The molecule has 1 aliphatic heterocycles. The van der Waals surface area contributed by atoms with Gasteiger partial charge in [0.1, 0.15) is 0 Å². The second kappa shape index (κ2) is 6.46. The predicted molar refractivity (Wildman–Crippen MR) is 76.8 cm³/mol. The van der Waals surface area contributed by atoms with E-state index in [2.05, 4.69) is 35.1 Å². The highest BCUT2D eigenvalue weighted by atomic mass is 16.3. The second-order valence-corrected chi connectivity index (χ2v) is 5.93. The van der Waals surface area contributed by atoms with Crippen LogP contribution < -0.4 is 5.32 Å². The van der Waals surface area contributed by atoms with Gasteiger partial charge < -0.3 is 10.4 Å². The predicted octanol–water partition coefficient (Wildman–Crippen LogP) is 1.41. The number of hydrogen-bond donors (Lipinski definition) is 2. The van der Waals surface area contributed by atoms with Crippen molar-refractivity contribution < 1.29 is 5.11 Å². The summed E-state index contributed by atoms with van der Waals surface area (Å²) in [5.74, 6) is 0. The first-order chi connectivity index (χ1) is 9.12. The lowest BCUT2D eigenvalue weighted by Gasteiger charge is -2.37. The van der Waals surface area contributed by atoms with Gasteiger partial charge in [0, 0.05) is 37.5 Å². The first-order valence-corrected chi connectivity index (χ1v) is 7.11. The lowest BCUT2D eigenvalue weighted by atomic mass is 9.98. The zero-order valence-electron chi connectivity index (χ0n) is 12.0. The topological polar surface area (TPSA) is 48.4 Å². The highest BCUT2D eigenvalue weighted by molar-refractivity contribution is 5.05. The van der Waals surface area contributed by atoms with Gasteiger partial charge in [0.25, 0.3) is 0 Å². The third-order valence-corrected chi connectivity index (χ3v) is 4.02. The maximum Gasteiger partial charge on any atom is 0.0544 e. The molecule has 1 aromatic heterocycles. The average molecular weight is 263 g/mol. The Morgan fingerprint density at radius 3 is 3.00 bits per heavy atom. The lowest BCUT2D eigenvalue weighted by molar-refractivity contribution is 0.105. The van der Waals surface area contributed by atoms with Crippen LogP contribution in [0, 0.1) is 0 Å². The minimum absolute atomic E-state index is 0.161. The molecule has 1 aliphatic rings. The van der Waals surface area contributed by atoms with E-state index in [1.54, 1.807) is 0 Å². The first-order valence-electron chi connectivity index (χ1n) is 7.11. The second-order valence-electron chi connectivity index (χ2n) is 5.93. The van der Waals surface area contributed by atoms with Crippen LogP contribution in [0.15, 0.2) is 24.4 Å². The lowest BCUT2D eigenvalue weighted by Crippen LogP contribution is -2.46. The van der Waals surface area contributed by atoms with Crippen LogP contribution in [0.4, 0.5) is 0 Å². The molecule has 1 unspecified atom stereocenters. The summed E-state index contributed by atoms with van der Waals surface area (Å²) in [5.41, 5.74) is 1.27. The van der Waals surface area contributed by atoms with Crippen molar-refractivity contribution >= 4 is 0 Å². The van der Waals surface area contributed by atoms with Gasteiger partial charge in [-0.05, 0) is 45.4 Å². The van der Waals surface area contributed by atoms with Gasteiger partial charge in [0.2, 0.25) is 0 Å². The number of hydrogen-bond acceptors (Lipinski definition) is 4. The van der Waals surface area contributed by atoms with E-state index >= 15 is 0 Å². The van der Waals surface area contributed by atoms with Crippen LogP contribution in [-0.2, 0) is 6.54 Å². The van der Waals surface area contributed by atoms with Crippen LogP contribution >= 0.6 is 0 Å². The van der Waals surface area contributed by atoms with Crippen molar-refractivity contribution in [3.05, 3.63) is 30.1 Å². The van der Waals surface area contributed by atoms with E-state index in [0.29, 0.717) is 6.04 Å². The Hall–Kier alpha value is -0.970. The fraction of sp³-hybridized carbons (Fsp3) is 0.667. The molecule has 1 atom stereocenters. The van der Waals surface area contributed by atoms with Crippen molar-refractivity contribution in [2.45, 2.75) is 44.8 Å². The summed E-state index contributed by atoms with van der Waals surface area (Å²) < 4.78 is 0. The van der Waals surface area contributed by atoms with Gasteiger partial charge in [-0.1, -0.05) is 6.07 Å². The van der Waals surface area contributed by atoms with E-state index in [9.17, 15) is 0 Å². The third-order valence-electron chi connectivity index (χ3n) is 4.02. The van der Waals surface area contributed by atoms with Crippen molar-refractivity contribution in [3.8, 4) is 0 Å². The summed E-state index contributed by atoms with van der Waals surface area (Å²) in [5, 5.41) is 12.7. The van der Waals surface area contributed by atoms with Gasteiger partial charge >= 0.3 is 0 Å². The number of rotatable bonds is 4. The summed E-state index contributed by atoms with van der Waals surface area (Å²) in [6.07, 6.45) is 3.78. The molecule has 4 heteroatoms. The third kappa shape index (κ3) is 4.00. The Morgan fingerprint density at radius 1 is 1.47 bits per heavy atom. The Balaban J connectivity index is 2.08. The molecule has 0 radical (unpaired) electrons. The van der Waals surface area contributed by atoms with Crippen LogP contribution in [-0.4, -0.2) is 46.3 Å². The molecule has 0 aromatic carbocycles. The molecule has 2 heterocycles. The van der Waals surface area contributed by atoms with Gasteiger partial charge in [-0.2, -0.15) is 0 Å². The normalized spacial score (nSPS) is 24.1. The number of aromatic nitrogens is 1. The van der Waals surface area contributed by atoms with Crippen LogP contribution in [0.25, 0.3) is 0 Å². The van der Waals surface area contributed by atoms with Gasteiger partial charge in [0.05, 0.1) is 5.69 Å². The van der Waals surface area contributed by atoms with E-state index in [1.165, 1.54) is 0 Å². The molecule has 0 amide bonds. The van der Waals surface area contributed by atoms with E-state index in [4.69, 9.17) is 5.11 Å². The Kier molecular flexibility index (Phi) is 4.91. The molecule has 0 saturated carbocycles. The van der Waals surface area contributed by atoms with Crippen molar-refractivity contribution in [3.63, 3.8) is 0 Å². The van der Waals surface area contributed by atoms with Gasteiger partial charge in [-0.15, -0.1) is 0 Å². The van der Waals surface area contributed by atoms with Gasteiger partial charge in [0.15, 0.2) is 0 Å². The highest BCUT2D eigenvalue weighted by Gasteiger charge is 2.31. The average Bonchev–Trinajstić information content (AvgIpc) is 2.51. The smallest absolute Gasteiger partial charge is 0.0544 e. The first kappa shape index (κ1) is 14.4. The molecule has 2 N–H and O–H groups in total. The molecule has 1 aromatic rings. The number of aliphatic hydroxyl groups excluding tert-OH is 1. The zero-order valence-corrected chi connectivity index (χ0v) is 12.0. The maximum absolute atomic E-state index is 9.15. The number of nitrogens with one attached hydrogen (secondary N) is 1. The number of pyridine rings is 1. The Morgan fingerprint density at radius 2 is 2.32 bits per heavy atom. The highest BCUT2D eigenvalue weighted by Crippen LogP contribution is 2.23.